The van der Waals surface area contributed by atoms with Crippen LogP contribution in [-0.4, -0.2) is 0 Å². The van der Waals surface area contributed by atoms with Gasteiger partial charge in [0.2, 0.25) is 0 Å². The molecule has 0 spiro atoms. The van der Waals surface area contributed by atoms with Gasteiger partial charge in [-0.25, -0.2) is 4.39 Å². The smallest absolute Gasteiger partial charge is 0.126 e. The van der Waals surface area contributed by atoms with Gasteiger partial charge in [-0.15, -0.1) is 0 Å². The monoisotopic (exact) mass is 374 g/mol. The standard InChI is InChI=1S/C27H31F/c1-3-5-7-21-8-14-24(15-9-21)25-16-10-22(11-17-25)12-18-26-19-13-23(6-4-2)20-27(26)28/h8-11,13-17,19-20H,3-7,12,18H2,1-2H3. The van der Waals surface area contributed by atoms with Crippen LogP contribution in [0.5, 0.6) is 0 Å². The molecule has 0 amide bonds. The van der Waals surface area contributed by atoms with Gasteiger partial charge in [0.25, 0.3) is 0 Å². The zero-order valence-corrected chi connectivity index (χ0v) is 17.2. The summed E-state index contributed by atoms with van der Waals surface area (Å²) in [5.41, 5.74) is 7.06. The molecule has 0 nitrogen and oxygen atoms in total. The summed E-state index contributed by atoms with van der Waals surface area (Å²) in [6.07, 6.45) is 7.23. The van der Waals surface area contributed by atoms with E-state index >= 15 is 0 Å². The molecule has 3 rings (SSSR count). The zero-order chi connectivity index (χ0) is 19.8. The Morgan fingerprint density at radius 3 is 1.68 bits per heavy atom. The molecular weight excluding hydrogens is 343 g/mol. The Labute approximate surface area is 169 Å². The Kier molecular flexibility index (Phi) is 7.42. The molecule has 3 aromatic rings. The Balaban J connectivity index is 1.60. The molecule has 0 saturated carbocycles. The molecule has 0 fully saturated rings. The van der Waals surface area contributed by atoms with Crippen molar-refractivity contribution < 1.29 is 4.39 Å². The number of aryl methyl sites for hydroxylation is 4. The van der Waals surface area contributed by atoms with Crippen molar-refractivity contribution in [2.75, 3.05) is 0 Å². The Hall–Kier alpha value is -2.41. The molecule has 3 aromatic carbocycles. The van der Waals surface area contributed by atoms with Crippen LogP contribution in [0.3, 0.4) is 0 Å². The summed E-state index contributed by atoms with van der Waals surface area (Å²) in [6, 6.07) is 23.3. The highest BCUT2D eigenvalue weighted by atomic mass is 19.1. The van der Waals surface area contributed by atoms with Gasteiger partial charge in [0.1, 0.15) is 5.82 Å². The summed E-state index contributed by atoms with van der Waals surface area (Å²) in [6.45, 7) is 4.35. The van der Waals surface area contributed by atoms with Crippen LogP contribution in [0.25, 0.3) is 11.1 Å². The lowest BCUT2D eigenvalue weighted by Gasteiger charge is -2.08. The molecule has 0 saturated heterocycles. The average Bonchev–Trinajstić information content (AvgIpc) is 2.73. The summed E-state index contributed by atoms with van der Waals surface area (Å²) < 4.78 is 14.3. The molecular formula is C27H31F. The van der Waals surface area contributed by atoms with Gasteiger partial charge >= 0.3 is 0 Å². The van der Waals surface area contributed by atoms with Gasteiger partial charge in [-0.1, -0.05) is 87.4 Å². The van der Waals surface area contributed by atoms with E-state index in [1.54, 1.807) is 6.07 Å². The van der Waals surface area contributed by atoms with Gasteiger partial charge in [0.15, 0.2) is 0 Å². The summed E-state index contributed by atoms with van der Waals surface area (Å²) in [5.74, 6) is -0.0641. The molecule has 0 atom stereocenters. The van der Waals surface area contributed by atoms with E-state index in [4.69, 9.17) is 0 Å². The molecule has 0 aromatic heterocycles. The molecule has 0 heterocycles. The van der Waals surface area contributed by atoms with Gasteiger partial charge < -0.3 is 0 Å². The number of hydrogen-bond donors (Lipinski definition) is 0. The minimum Gasteiger partial charge on any atom is -0.207 e. The Morgan fingerprint density at radius 2 is 1.14 bits per heavy atom. The van der Waals surface area contributed by atoms with Gasteiger partial charge in [0, 0.05) is 0 Å². The van der Waals surface area contributed by atoms with E-state index in [9.17, 15) is 4.39 Å². The van der Waals surface area contributed by atoms with Crippen LogP contribution in [0.4, 0.5) is 4.39 Å². The number of benzene rings is 3. The highest BCUT2D eigenvalue weighted by Gasteiger charge is 2.05. The fourth-order valence-corrected chi connectivity index (χ4v) is 3.63. The minimum atomic E-state index is -0.0641. The second-order valence-corrected chi connectivity index (χ2v) is 7.67. The van der Waals surface area contributed by atoms with E-state index < -0.39 is 0 Å². The number of unbranched alkanes of at least 4 members (excludes halogenated alkanes) is 1. The average molecular weight is 375 g/mol. The molecule has 0 N–H and O–H groups in total. The molecule has 28 heavy (non-hydrogen) atoms. The Morgan fingerprint density at radius 1 is 0.571 bits per heavy atom. The second-order valence-electron chi connectivity index (χ2n) is 7.67. The molecule has 0 bridgehead atoms. The first-order valence-electron chi connectivity index (χ1n) is 10.6. The third-order valence-electron chi connectivity index (χ3n) is 5.40. The fraction of sp³-hybridized carbons (Fsp3) is 0.333. The van der Waals surface area contributed by atoms with Crippen molar-refractivity contribution >= 4 is 0 Å². The van der Waals surface area contributed by atoms with Crippen molar-refractivity contribution in [3.05, 3.63) is 94.8 Å². The lowest BCUT2D eigenvalue weighted by atomic mass is 9.98. The van der Waals surface area contributed by atoms with Crippen molar-refractivity contribution in [1.82, 2.24) is 0 Å². The van der Waals surface area contributed by atoms with Gasteiger partial charge in [-0.2, -0.15) is 0 Å². The molecule has 0 aliphatic heterocycles. The lowest BCUT2D eigenvalue weighted by molar-refractivity contribution is 0.606. The van der Waals surface area contributed by atoms with E-state index in [0.29, 0.717) is 0 Å². The molecule has 146 valence electrons. The predicted octanol–water partition coefficient (Wildman–Crippen LogP) is 7.57. The van der Waals surface area contributed by atoms with Crippen molar-refractivity contribution in [1.29, 1.82) is 0 Å². The topological polar surface area (TPSA) is 0 Å². The largest absolute Gasteiger partial charge is 0.207 e. The maximum Gasteiger partial charge on any atom is 0.126 e. The number of halogens is 1. The maximum atomic E-state index is 14.3. The van der Waals surface area contributed by atoms with E-state index in [-0.39, 0.29) is 5.82 Å². The molecule has 1 heteroatoms. The van der Waals surface area contributed by atoms with Gasteiger partial charge in [-0.05, 0) is 71.6 Å². The zero-order valence-electron chi connectivity index (χ0n) is 17.2. The fourth-order valence-electron chi connectivity index (χ4n) is 3.63. The maximum absolute atomic E-state index is 14.3. The normalized spacial score (nSPS) is 11.0. The molecule has 0 aliphatic rings. The third-order valence-corrected chi connectivity index (χ3v) is 5.40. The summed E-state index contributed by atoms with van der Waals surface area (Å²) in [4.78, 5) is 0. The van der Waals surface area contributed by atoms with Crippen LogP contribution in [0.1, 0.15) is 55.4 Å². The van der Waals surface area contributed by atoms with Crippen molar-refractivity contribution in [2.45, 2.75) is 58.8 Å². The quantitative estimate of drug-likeness (QED) is 0.362. The molecule has 0 radical (unpaired) electrons. The molecule has 0 unspecified atom stereocenters. The van der Waals surface area contributed by atoms with Gasteiger partial charge in [-0.3, -0.25) is 0 Å². The van der Waals surface area contributed by atoms with Gasteiger partial charge in [0.05, 0.1) is 0 Å². The highest BCUT2D eigenvalue weighted by Crippen LogP contribution is 2.22. The van der Waals surface area contributed by atoms with Crippen LogP contribution in [-0.2, 0) is 25.7 Å². The lowest BCUT2D eigenvalue weighted by Crippen LogP contribution is -1.96. The van der Waals surface area contributed by atoms with Crippen molar-refractivity contribution in [3.8, 4) is 11.1 Å². The van der Waals surface area contributed by atoms with Crippen molar-refractivity contribution in [3.63, 3.8) is 0 Å². The predicted molar refractivity (Wildman–Crippen MR) is 118 cm³/mol. The first-order chi connectivity index (χ1) is 13.7. The minimum absolute atomic E-state index is 0.0641. The van der Waals surface area contributed by atoms with Crippen LogP contribution >= 0.6 is 0 Å². The summed E-state index contributed by atoms with van der Waals surface area (Å²) >= 11 is 0. The van der Waals surface area contributed by atoms with Crippen molar-refractivity contribution in [2.24, 2.45) is 0 Å². The Bertz CT molecular complexity index is 860. The number of rotatable bonds is 9. The number of hydrogen-bond acceptors (Lipinski definition) is 0. The van der Waals surface area contributed by atoms with E-state index in [2.05, 4.69) is 68.4 Å². The highest BCUT2D eigenvalue weighted by molar-refractivity contribution is 5.64. The SMILES string of the molecule is CCCCc1ccc(-c2ccc(CCc3ccc(CCC)cc3F)cc2)cc1. The van der Waals surface area contributed by atoms with E-state index in [0.717, 1.165) is 43.2 Å². The van der Waals surface area contributed by atoms with Crippen LogP contribution in [0.2, 0.25) is 0 Å². The van der Waals surface area contributed by atoms with E-state index in [1.165, 1.54) is 35.1 Å². The van der Waals surface area contributed by atoms with Crippen LogP contribution in [0.15, 0.2) is 66.7 Å². The summed E-state index contributed by atoms with van der Waals surface area (Å²) in [7, 11) is 0. The first-order valence-corrected chi connectivity index (χ1v) is 10.6. The van der Waals surface area contributed by atoms with E-state index in [1.807, 2.05) is 6.07 Å². The third kappa shape index (κ3) is 5.55. The van der Waals surface area contributed by atoms with Crippen LogP contribution in [0, 0.1) is 5.82 Å². The molecule has 0 aliphatic carbocycles. The van der Waals surface area contributed by atoms with Crippen LogP contribution < -0.4 is 0 Å². The summed E-state index contributed by atoms with van der Waals surface area (Å²) in [5, 5.41) is 0. The first kappa shape index (κ1) is 20.3. The second kappa shape index (κ2) is 10.2.